The van der Waals surface area contributed by atoms with Gasteiger partial charge in [0.05, 0.1) is 0 Å². The van der Waals surface area contributed by atoms with Crippen LogP contribution in [0.3, 0.4) is 0 Å². The van der Waals surface area contributed by atoms with Crippen molar-refractivity contribution in [1.82, 2.24) is 0 Å². The summed E-state index contributed by atoms with van der Waals surface area (Å²) in [6.45, 7) is 0. The van der Waals surface area contributed by atoms with Gasteiger partial charge in [-0.1, -0.05) is 193 Å². The van der Waals surface area contributed by atoms with Gasteiger partial charge in [0.1, 0.15) is 0 Å². The highest BCUT2D eigenvalue weighted by atomic mass is 16.6. The largest absolute Gasteiger partial charge is 0.393 e. The van der Waals surface area contributed by atoms with Crippen molar-refractivity contribution in [1.29, 1.82) is 0 Å². The third kappa shape index (κ3) is 22.4. The Bertz CT molecular complexity index is 551. The molecule has 0 radical (unpaired) electrons. The van der Waals surface area contributed by atoms with Gasteiger partial charge in [0.2, 0.25) is 0 Å². The molecule has 2 aliphatic rings. The molecule has 41 heavy (non-hydrogen) atoms. The predicted molar refractivity (Wildman–Crippen MR) is 175 cm³/mol. The van der Waals surface area contributed by atoms with Gasteiger partial charge in [-0.15, -0.1) is 0 Å². The molecule has 2 fully saturated rings. The molecule has 3 heteroatoms. The lowest BCUT2D eigenvalue weighted by Gasteiger charge is -2.08. The van der Waals surface area contributed by atoms with Crippen LogP contribution >= 0.6 is 0 Å². The lowest BCUT2D eigenvalue weighted by Crippen LogP contribution is -2.11. The summed E-state index contributed by atoms with van der Waals surface area (Å²) in [7, 11) is 0. The molecule has 0 amide bonds. The van der Waals surface area contributed by atoms with Crippen LogP contribution in [0.1, 0.15) is 218 Å². The minimum absolute atomic E-state index is 0.318. The van der Waals surface area contributed by atoms with Gasteiger partial charge in [0.15, 0.2) is 0 Å². The molecule has 0 aromatic rings. The molecule has 0 aromatic heterocycles. The van der Waals surface area contributed by atoms with Crippen molar-refractivity contribution in [2.24, 2.45) is 11.8 Å². The Kier molecular flexibility index (Phi) is 23.7. The van der Waals surface area contributed by atoms with Gasteiger partial charge in [0.25, 0.3) is 0 Å². The van der Waals surface area contributed by atoms with Crippen molar-refractivity contribution in [3.63, 3.8) is 0 Å². The normalized spacial score (nSPS) is 16.1. The van der Waals surface area contributed by atoms with E-state index in [4.69, 9.17) is 4.74 Å². The number of unbranched alkanes of at least 4 members (excludes halogenated alkanes) is 20. The molecule has 0 heterocycles. The van der Waals surface area contributed by atoms with E-state index in [2.05, 4.69) is 0 Å². The van der Waals surface area contributed by atoms with Gasteiger partial charge in [-0.2, -0.15) is 0 Å². The molecule has 0 bridgehead atoms. The van der Waals surface area contributed by atoms with Gasteiger partial charge in [-0.05, 0) is 24.7 Å². The van der Waals surface area contributed by atoms with E-state index >= 15 is 0 Å². The molecule has 0 aliphatic heterocycles. The van der Waals surface area contributed by atoms with Crippen molar-refractivity contribution in [3.8, 4) is 0 Å². The van der Waals surface area contributed by atoms with Crippen LogP contribution in [0.2, 0.25) is 0 Å². The van der Waals surface area contributed by atoms with Gasteiger partial charge in [0, 0.05) is 12.8 Å². The van der Waals surface area contributed by atoms with E-state index in [-0.39, 0.29) is 11.9 Å². The summed E-state index contributed by atoms with van der Waals surface area (Å²) in [5.74, 6) is 1.49. The second-order valence-corrected chi connectivity index (χ2v) is 14.0. The zero-order chi connectivity index (χ0) is 29.1. The molecular formula is C38H70O3. The molecule has 2 aliphatic carbocycles. The van der Waals surface area contributed by atoms with Crippen LogP contribution in [0.5, 0.6) is 0 Å². The Hall–Kier alpha value is -0.860. The molecule has 2 rings (SSSR count). The van der Waals surface area contributed by atoms with E-state index in [0.717, 1.165) is 37.5 Å². The molecule has 3 nitrogen and oxygen atoms in total. The summed E-state index contributed by atoms with van der Waals surface area (Å²) in [5, 5.41) is 0. The Morgan fingerprint density at radius 3 is 0.902 bits per heavy atom. The maximum atomic E-state index is 11.9. The molecule has 0 aromatic carbocycles. The fraction of sp³-hybridized carbons (Fsp3) is 0.947. The van der Waals surface area contributed by atoms with Gasteiger partial charge in [-0.3, -0.25) is 9.59 Å². The molecular weight excluding hydrogens is 504 g/mol. The van der Waals surface area contributed by atoms with Gasteiger partial charge in [-0.25, -0.2) is 0 Å². The Morgan fingerprint density at radius 1 is 0.366 bits per heavy atom. The highest BCUT2D eigenvalue weighted by molar-refractivity contribution is 5.85. The Morgan fingerprint density at radius 2 is 0.610 bits per heavy atom. The van der Waals surface area contributed by atoms with E-state index in [1.54, 1.807) is 0 Å². The van der Waals surface area contributed by atoms with E-state index in [1.165, 1.54) is 180 Å². The van der Waals surface area contributed by atoms with Crippen LogP contribution in [0.4, 0.5) is 0 Å². The summed E-state index contributed by atoms with van der Waals surface area (Å²) >= 11 is 0. The minimum Gasteiger partial charge on any atom is -0.393 e. The predicted octanol–water partition coefficient (Wildman–Crippen LogP) is 12.6. The number of carbonyl (C=O) groups is 2. The van der Waals surface area contributed by atoms with Crippen LogP contribution in [0.25, 0.3) is 0 Å². The first-order chi connectivity index (χ1) is 20.2. The van der Waals surface area contributed by atoms with Crippen molar-refractivity contribution in [2.45, 2.75) is 218 Å². The third-order valence-electron chi connectivity index (χ3n) is 10.2. The zero-order valence-corrected chi connectivity index (χ0v) is 27.4. The summed E-state index contributed by atoms with van der Waals surface area (Å²) in [6.07, 6.45) is 44.1. The van der Waals surface area contributed by atoms with Gasteiger partial charge < -0.3 is 4.74 Å². The van der Waals surface area contributed by atoms with Crippen molar-refractivity contribution < 1.29 is 14.3 Å². The topological polar surface area (TPSA) is 43.4 Å². The zero-order valence-electron chi connectivity index (χ0n) is 27.4. The number of carbonyl (C=O) groups excluding carboxylic acids is 2. The fourth-order valence-electron chi connectivity index (χ4n) is 7.41. The summed E-state index contributed by atoms with van der Waals surface area (Å²) in [5.41, 5.74) is 0. The number of hydrogen-bond acceptors (Lipinski definition) is 3. The van der Waals surface area contributed by atoms with Crippen LogP contribution in [0.15, 0.2) is 0 Å². The molecule has 0 N–H and O–H groups in total. The highest BCUT2D eigenvalue weighted by Gasteiger charge is 2.15. The standard InChI is InChI=1S/C38H70O3/c39-37(33-21-17-13-9-5-1-3-7-11-15-19-27-35-29-23-24-30-35)41-38(40)34-22-18-14-10-6-2-4-8-12-16-20-28-36-31-25-26-32-36/h35-36H,1-34H2. The molecule has 2 saturated carbocycles. The summed E-state index contributed by atoms with van der Waals surface area (Å²) in [4.78, 5) is 23.9. The van der Waals surface area contributed by atoms with Crippen LogP contribution in [-0.2, 0) is 14.3 Å². The van der Waals surface area contributed by atoms with Crippen LogP contribution in [-0.4, -0.2) is 11.9 Å². The average molecular weight is 575 g/mol. The van der Waals surface area contributed by atoms with E-state index in [9.17, 15) is 9.59 Å². The van der Waals surface area contributed by atoms with E-state index < -0.39 is 0 Å². The molecule has 0 atom stereocenters. The number of ether oxygens (including phenoxy) is 1. The minimum atomic E-state index is -0.318. The number of esters is 2. The Balaban J connectivity index is 1.21. The quantitative estimate of drug-likeness (QED) is 0.0530. The lowest BCUT2D eigenvalue weighted by atomic mass is 9.99. The number of rotatable bonds is 28. The van der Waals surface area contributed by atoms with Crippen molar-refractivity contribution >= 4 is 11.9 Å². The fourth-order valence-corrected chi connectivity index (χ4v) is 7.41. The first-order valence-corrected chi connectivity index (χ1v) is 19.0. The summed E-state index contributed by atoms with van der Waals surface area (Å²) < 4.78 is 5.03. The highest BCUT2D eigenvalue weighted by Crippen LogP contribution is 2.30. The van der Waals surface area contributed by atoms with Crippen molar-refractivity contribution in [2.75, 3.05) is 0 Å². The first-order valence-electron chi connectivity index (χ1n) is 19.0. The molecule has 240 valence electrons. The van der Waals surface area contributed by atoms with Crippen LogP contribution in [0, 0.1) is 11.8 Å². The third-order valence-corrected chi connectivity index (χ3v) is 10.2. The summed E-state index contributed by atoms with van der Waals surface area (Å²) in [6, 6.07) is 0. The second-order valence-electron chi connectivity index (χ2n) is 14.0. The number of hydrogen-bond donors (Lipinski definition) is 0. The average Bonchev–Trinajstić information content (AvgIpc) is 3.68. The maximum Gasteiger partial charge on any atom is 0.313 e. The second kappa shape index (κ2) is 26.7. The Labute approximate surface area is 256 Å². The monoisotopic (exact) mass is 575 g/mol. The maximum absolute atomic E-state index is 11.9. The lowest BCUT2D eigenvalue weighted by molar-refractivity contribution is -0.159. The van der Waals surface area contributed by atoms with Crippen molar-refractivity contribution in [3.05, 3.63) is 0 Å². The smallest absolute Gasteiger partial charge is 0.313 e. The molecule has 0 saturated heterocycles. The molecule has 0 unspecified atom stereocenters. The first kappa shape index (κ1) is 36.3. The van der Waals surface area contributed by atoms with E-state index in [0.29, 0.717) is 12.8 Å². The van der Waals surface area contributed by atoms with E-state index in [1.807, 2.05) is 0 Å². The van der Waals surface area contributed by atoms with Crippen LogP contribution < -0.4 is 0 Å². The molecule has 0 spiro atoms. The van der Waals surface area contributed by atoms with Gasteiger partial charge >= 0.3 is 11.9 Å². The SMILES string of the molecule is O=C(CCCCCCCCCCCCCC1CCCC1)OC(=O)CCCCCCCCCCCCCC1CCCC1.